The van der Waals surface area contributed by atoms with Crippen LogP contribution in [0, 0.1) is 6.92 Å². The van der Waals surface area contributed by atoms with Crippen LogP contribution in [0.1, 0.15) is 29.0 Å². The molecule has 2 amide bonds. The summed E-state index contributed by atoms with van der Waals surface area (Å²) in [6, 6.07) is 1.56. The summed E-state index contributed by atoms with van der Waals surface area (Å²) in [5.41, 5.74) is 5.26. The summed E-state index contributed by atoms with van der Waals surface area (Å²) in [5.74, 6) is -0.548. The quantitative estimate of drug-likeness (QED) is 0.671. The molecule has 1 aliphatic rings. The molecular formula is C11H15N5O2. The average molecular weight is 249 g/mol. The number of nitrogens with two attached hydrogens (primary N) is 1. The third-order valence-electron chi connectivity index (χ3n) is 2.88. The van der Waals surface area contributed by atoms with Crippen molar-refractivity contribution in [3.63, 3.8) is 0 Å². The molecule has 1 aliphatic carbocycles. The first-order valence-corrected chi connectivity index (χ1v) is 5.63. The van der Waals surface area contributed by atoms with Crippen LogP contribution in [0.2, 0.25) is 0 Å². The van der Waals surface area contributed by atoms with Crippen LogP contribution in [0.15, 0.2) is 6.07 Å². The Balaban J connectivity index is 2.19. The Hall–Kier alpha value is -2.18. The van der Waals surface area contributed by atoms with Gasteiger partial charge in [0.25, 0.3) is 5.91 Å². The van der Waals surface area contributed by atoms with Gasteiger partial charge in [-0.1, -0.05) is 0 Å². The molecule has 0 unspecified atom stereocenters. The molecule has 7 nitrogen and oxygen atoms in total. The van der Waals surface area contributed by atoms with Crippen LogP contribution in [-0.2, 0) is 4.79 Å². The molecule has 0 spiro atoms. The highest BCUT2D eigenvalue weighted by Gasteiger charge is 2.50. The van der Waals surface area contributed by atoms with Crippen LogP contribution in [0.4, 0.5) is 5.95 Å². The minimum atomic E-state index is -0.879. The molecule has 1 fully saturated rings. The van der Waals surface area contributed by atoms with Gasteiger partial charge in [-0.3, -0.25) is 9.59 Å². The van der Waals surface area contributed by atoms with Gasteiger partial charge < -0.3 is 16.4 Å². The molecule has 0 aliphatic heterocycles. The molecule has 7 heteroatoms. The van der Waals surface area contributed by atoms with Crippen molar-refractivity contribution in [3.05, 3.63) is 17.5 Å². The summed E-state index contributed by atoms with van der Waals surface area (Å²) in [5, 5.41) is 5.40. The Morgan fingerprint density at radius 2 is 2.06 bits per heavy atom. The van der Waals surface area contributed by atoms with Crippen molar-refractivity contribution in [2.75, 3.05) is 12.4 Å². The summed E-state index contributed by atoms with van der Waals surface area (Å²) >= 11 is 0. The number of carbonyl (C=O) groups is 2. The van der Waals surface area contributed by atoms with E-state index < -0.39 is 17.4 Å². The van der Waals surface area contributed by atoms with Gasteiger partial charge in [-0.15, -0.1) is 0 Å². The number of nitrogens with one attached hydrogen (secondary N) is 2. The van der Waals surface area contributed by atoms with Gasteiger partial charge >= 0.3 is 0 Å². The maximum atomic E-state index is 12.0. The van der Waals surface area contributed by atoms with E-state index in [1.807, 2.05) is 0 Å². The molecule has 0 saturated heterocycles. The lowest BCUT2D eigenvalue weighted by Crippen LogP contribution is -2.47. The Bertz CT molecular complexity index is 510. The normalized spacial score (nSPS) is 15.9. The van der Waals surface area contributed by atoms with Crippen molar-refractivity contribution in [1.82, 2.24) is 15.3 Å². The molecule has 18 heavy (non-hydrogen) atoms. The summed E-state index contributed by atoms with van der Waals surface area (Å²) in [6.07, 6.45) is 1.16. The number of carbonyl (C=O) groups excluding carboxylic acids is 2. The Kier molecular flexibility index (Phi) is 2.90. The van der Waals surface area contributed by atoms with E-state index in [4.69, 9.17) is 5.73 Å². The molecule has 1 heterocycles. The second kappa shape index (κ2) is 4.25. The highest BCUT2D eigenvalue weighted by Crippen LogP contribution is 2.35. The van der Waals surface area contributed by atoms with Crippen molar-refractivity contribution in [2.24, 2.45) is 5.73 Å². The van der Waals surface area contributed by atoms with Crippen molar-refractivity contribution >= 4 is 17.8 Å². The van der Waals surface area contributed by atoms with Gasteiger partial charge in [0.15, 0.2) is 0 Å². The van der Waals surface area contributed by atoms with Gasteiger partial charge in [0.1, 0.15) is 11.2 Å². The average Bonchev–Trinajstić information content (AvgIpc) is 3.09. The summed E-state index contributed by atoms with van der Waals surface area (Å²) in [4.78, 5) is 31.3. The summed E-state index contributed by atoms with van der Waals surface area (Å²) in [7, 11) is 1.67. The Morgan fingerprint density at radius 3 is 2.56 bits per heavy atom. The molecule has 0 radical (unpaired) electrons. The summed E-state index contributed by atoms with van der Waals surface area (Å²) < 4.78 is 0. The van der Waals surface area contributed by atoms with E-state index in [1.54, 1.807) is 20.0 Å². The number of nitrogens with zero attached hydrogens (tertiary/aromatic N) is 2. The van der Waals surface area contributed by atoms with Crippen LogP contribution in [0.25, 0.3) is 0 Å². The molecule has 4 N–H and O–H groups in total. The van der Waals surface area contributed by atoms with E-state index in [0.29, 0.717) is 24.5 Å². The predicted molar refractivity (Wildman–Crippen MR) is 64.9 cm³/mol. The molecule has 0 aromatic carbocycles. The topological polar surface area (TPSA) is 110 Å². The smallest absolute Gasteiger partial charge is 0.270 e. The highest BCUT2D eigenvalue weighted by atomic mass is 16.2. The minimum Gasteiger partial charge on any atom is -0.368 e. The number of amides is 2. The molecule has 0 bridgehead atoms. The van der Waals surface area contributed by atoms with Crippen LogP contribution < -0.4 is 16.4 Å². The maximum absolute atomic E-state index is 12.0. The zero-order chi connectivity index (χ0) is 13.3. The molecule has 1 aromatic rings. The first-order valence-electron chi connectivity index (χ1n) is 5.63. The van der Waals surface area contributed by atoms with Gasteiger partial charge in [0.05, 0.1) is 0 Å². The fourth-order valence-electron chi connectivity index (χ4n) is 1.64. The molecule has 1 saturated carbocycles. The Morgan fingerprint density at radius 1 is 1.39 bits per heavy atom. The fourth-order valence-corrected chi connectivity index (χ4v) is 1.64. The standard InChI is InChI=1S/C11H15N5O2/c1-6-5-7(15-10(13-2)14-6)8(17)16-11(3-4-11)9(12)18/h5H,3-4H2,1-2H3,(H2,12,18)(H,16,17)(H,13,14,15). The van der Waals surface area contributed by atoms with Gasteiger partial charge in [0, 0.05) is 12.7 Å². The lowest BCUT2D eigenvalue weighted by atomic mass is 10.2. The predicted octanol–water partition coefficient (Wildman–Crippen LogP) is -0.426. The fraction of sp³-hybridized carbons (Fsp3) is 0.455. The number of primary amides is 1. The highest BCUT2D eigenvalue weighted by molar-refractivity contribution is 5.99. The molecule has 96 valence electrons. The van der Waals surface area contributed by atoms with Gasteiger partial charge in [-0.05, 0) is 25.8 Å². The first kappa shape index (κ1) is 12.3. The summed E-state index contributed by atoms with van der Waals surface area (Å²) in [6.45, 7) is 1.76. The second-order valence-corrected chi connectivity index (χ2v) is 4.37. The largest absolute Gasteiger partial charge is 0.368 e. The Labute approximate surface area is 104 Å². The van der Waals surface area contributed by atoms with Crippen LogP contribution >= 0.6 is 0 Å². The second-order valence-electron chi connectivity index (χ2n) is 4.37. The van der Waals surface area contributed by atoms with E-state index in [-0.39, 0.29) is 5.69 Å². The number of hydrogen-bond acceptors (Lipinski definition) is 5. The van der Waals surface area contributed by atoms with Crippen LogP contribution in [-0.4, -0.2) is 34.4 Å². The van der Waals surface area contributed by atoms with E-state index in [0.717, 1.165) is 0 Å². The van der Waals surface area contributed by atoms with E-state index >= 15 is 0 Å². The number of hydrogen-bond donors (Lipinski definition) is 3. The third kappa shape index (κ3) is 2.24. The van der Waals surface area contributed by atoms with Crippen molar-refractivity contribution in [1.29, 1.82) is 0 Å². The molecule has 2 rings (SSSR count). The van der Waals surface area contributed by atoms with E-state index in [1.165, 1.54) is 0 Å². The molecule has 1 aromatic heterocycles. The first-order chi connectivity index (χ1) is 8.47. The number of rotatable bonds is 4. The zero-order valence-corrected chi connectivity index (χ0v) is 10.3. The van der Waals surface area contributed by atoms with Gasteiger partial charge in [-0.2, -0.15) is 0 Å². The van der Waals surface area contributed by atoms with Gasteiger partial charge in [0.2, 0.25) is 11.9 Å². The van der Waals surface area contributed by atoms with Crippen LogP contribution in [0.5, 0.6) is 0 Å². The van der Waals surface area contributed by atoms with E-state index in [9.17, 15) is 9.59 Å². The van der Waals surface area contributed by atoms with E-state index in [2.05, 4.69) is 20.6 Å². The number of aryl methyl sites for hydroxylation is 1. The zero-order valence-electron chi connectivity index (χ0n) is 10.3. The monoisotopic (exact) mass is 249 g/mol. The van der Waals surface area contributed by atoms with Crippen molar-refractivity contribution < 1.29 is 9.59 Å². The number of anilines is 1. The minimum absolute atomic E-state index is 0.222. The van der Waals surface area contributed by atoms with Crippen LogP contribution in [0.3, 0.4) is 0 Å². The lowest BCUT2D eigenvalue weighted by Gasteiger charge is -2.13. The third-order valence-corrected chi connectivity index (χ3v) is 2.88. The van der Waals surface area contributed by atoms with Gasteiger partial charge in [-0.25, -0.2) is 9.97 Å². The molecular weight excluding hydrogens is 234 g/mol. The number of aromatic nitrogens is 2. The van der Waals surface area contributed by atoms with Crippen molar-refractivity contribution in [3.8, 4) is 0 Å². The maximum Gasteiger partial charge on any atom is 0.270 e. The molecule has 0 atom stereocenters. The van der Waals surface area contributed by atoms with Crippen molar-refractivity contribution in [2.45, 2.75) is 25.3 Å². The SMILES string of the molecule is CNc1nc(C)cc(C(=O)NC2(C(N)=O)CC2)n1. The lowest BCUT2D eigenvalue weighted by molar-refractivity contribution is -0.120.